The van der Waals surface area contributed by atoms with Gasteiger partial charge in [-0.15, -0.1) is 0 Å². The average molecular weight is 418 g/mol. The fraction of sp³-hybridized carbons (Fsp3) is 0.280. The monoisotopic (exact) mass is 417 g/mol. The highest BCUT2D eigenvalue weighted by Gasteiger charge is 2.17. The molecular weight excluding hydrogens is 390 g/mol. The Morgan fingerprint density at radius 2 is 1.87 bits per heavy atom. The van der Waals surface area contributed by atoms with E-state index in [4.69, 9.17) is 14.2 Å². The Hall–Kier alpha value is -3.54. The second kappa shape index (κ2) is 8.68. The van der Waals surface area contributed by atoms with E-state index in [-0.39, 0.29) is 11.4 Å². The van der Waals surface area contributed by atoms with Gasteiger partial charge in [0.1, 0.15) is 12.1 Å². The Balaban J connectivity index is 1.55. The number of hydrogen-bond acceptors (Lipinski definition) is 6. The minimum absolute atomic E-state index is 0.0915. The molecule has 0 saturated carbocycles. The van der Waals surface area contributed by atoms with Crippen LogP contribution in [0.5, 0.6) is 6.01 Å². The highest BCUT2D eigenvalue weighted by molar-refractivity contribution is 5.64. The molecule has 0 amide bonds. The molecule has 4 rings (SSSR count). The third-order valence-corrected chi connectivity index (χ3v) is 5.09. The Kier molecular flexibility index (Phi) is 5.80. The molecule has 2 aliphatic rings. The number of allylic oxidation sites excluding steroid dienone is 4. The summed E-state index contributed by atoms with van der Waals surface area (Å²) >= 11 is 0. The number of aromatic nitrogens is 2. The van der Waals surface area contributed by atoms with Gasteiger partial charge in [-0.05, 0) is 29.4 Å². The van der Waals surface area contributed by atoms with Gasteiger partial charge < -0.3 is 19.5 Å². The van der Waals surface area contributed by atoms with Crippen LogP contribution in [0.1, 0.15) is 39.2 Å². The minimum atomic E-state index is 0.0915. The van der Waals surface area contributed by atoms with Gasteiger partial charge in [0.2, 0.25) is 5.88 Å². The fourth-order valence-corrected chi connectivity index (χ4v) is 3.32. The summed E-state index contributed by atoms with van der Waals surface area (Å²) in [6, 6.07) is 10.5. The van der Waals surface area contributed by atoms with E-state index in [0.29, 0.717) is 17.5 Å². The smallest absolute Gasteiger partial charge is 0.318 e. The summed E-state index contributed by atoms with van der Waals surface area (Å²) in [5, 5.41) is 3.17. The number of methoxy groups -OCH3 is 1. The Morgan fingerprint density at radius 1 is 1.06 bits per heavy atom. The second-order valence-corrected chi connectivity index (χ2v) is 8.44. The maximum absolute atomic E-state index is 5.98. The van der Waals surface area contributed by atoms with Crippen molar-refractivity contribution in [1.82, 2.24) is 9.97 Å². The lowest BCUT2D eigenvalue weighted by molar-refractivity contribution is 0.233. The molecule has 0 bridgehead atoms. The van der Waals surface area contributed by atoms with E-state index in [1.807, 2.05) is 18.2 Å². The van der Waals surface area contributed by atoms with Crippen molar-refractivity contribution in [3.05, 3.63) is 83.9 Å². The van der Waals surface area contributed by atoms with Gasteiger partial charge in [-0.2, -0.15) is 9.97 Å². The molecule has 2 heterocycles. The van der Waals surface area contributed by atoms with Crippen molar-refractivity contribution in [3.8, 4) is 17.3 Å². The van der Waals surface area contributed by atoms with Crippen molar-refractivity contribution in [2.24, 2.45) is 0 Å². The molecule has 1 aromatic heterocycles. The molecule has 160 valence electrons. The molecule has 2 aromatic rings. The maximum Gasteiger partial charge on any atom is 0.318 e. The van der Waals surface area contributed by atoms with Gasteiger partial charge in [-0.1, -0.05) is 63.3 Å². The molecule has 0 saturated heterocycles. The zero-order valence-corrected chi connectivity index (χ0v) is 18.3. The van der Waals surface area contributed by atoms with Crippen LogP contribution in [0.3, 0.4) is 0 Å². The maximum atomic E-state index is 5.98. The zero-order chi connectivity index (χ0) is 21.8. The van der Waals surface area contributed by atoms with Crippen molar-refractivity contribution < 1.29 is 14.2 Å². The molecule has 0 fully saturated rings. The standard InChI is InChI=1S/C25H27N3O3/c1-25(2,3)19-12-10-17(11-13-19)20-14-22(28-24(26-20)29-4)27-23-16-30-15-21(31-23)18-8-6-5-7-9-18/h5-6,8,10-16H,7,9H2,1-4H3,(H,26,27,28). The molecule has 1 N–H and O–H groups in total. The number of hydrogen-bond donors (Lipinski definition) is 1. The third-order valence-electron chi connectivity index (χ3n) is 5.09. The van der Waals surface area contributed by atoms with Crippen LogP contribution in [0.25, 0.3) is 11.3 Å². The Morgan fingerprint density at radius 3 is 2.55 bits per heavy atom. The van der Waals surface area contributed by atoms with Crippen LogP contribution in [0.15, 0.2) is 78.3 Å². The van der Waals surface area contributed by atoms with Gasteiger partial charge in [0, 0.05) is 11.6 Å². The molecule has 0 atom stereocenters. The fourth-order valence-electron chi connectivity index (χ4n) is 3.32. The van der Waals surface area contributed by atoms with Gasteiger partial charge >= 0.3 is 6.01 Å². The average Bonchev–Trinajstić information content (AvgIpc) is 2.79. The first-order chi connectivity index (χ1) is 14.9. The number of nitrogens with one attached hydrogen (secondary N) is 1. The van der Waals surface area contributed by atoms with Gasteiger partial charge in [-0.25, -0.2) is 0 Å². The summed E-state index contributed by atoms with van der Waals surface area (Å²) in [6.07, 6.45) is 11.2. The zero-order valence-electron chi connectivity index (χ0n) is 18.3. The molecule has 0 spiro atoms. The van der Waals surface area contributed by atoms with E-state index >= 15 is 0 Å². The van der Waals surface area contributed by atoms with Crippen molar-refractivity contribution in [3.63, 3.8) is 0 Å². The molecule has 1 aliphatic heterocycles. The largest absolute Gasteiger partial charge is 0.467 e. The van der Waals surface area contributed by atoms with Crippen LogP contribution in [0.2, 0.25) is 0 Å². The summed E-state index contributed by atoms with van der Waals surface area (Å²) in [6.45, 7) is 6.58. The minimum Gasteiger partial charge on any atom is -0.467 e. The highest BCUT2D eigenvalue weighted by Crippen LogP contribution is 2.29. The van der Waals surface area contributed by atoms with Crippen LogP contribution in [0, 0.1) is 0 Å². The molecule has 6 nitrogen and oxygen atoms in total. The first-order valence-electron chi connectivity index (χ1n) is 10.3. The lowest BCUT2D eigenvalue weighted by Crippen LogP contribution is -2.12. The predicted octanol–water partition coefficient (Wildman–Crippen LogP) is 5.83. The molecule has 0 unspecified atom stereocenters. The number of anilines is 1. The number of nitrogens with zero attached hydrogens (tertiary/aromatic N) is 2. The molecule has 6 heteroatoms. The first kappa shape index (κ1) is 20.7. The number of benzene rings is 1. The molecule has 31 heavy (non-hydrogen) atoms. The van der Waals surface area contributed by atoms with E-state index in [2.05, 4.69) is 66.4 Å². The quantitative estimate of drug-likeness (QED) is 0.661. The highest BCUT2D eigenvalue weighted by atomic mass is 16.6. The molecule has 0 radical (unpaired) electrons. The first-order valence-corrected chi connectivity index (χ1v) is 10.3. The lowest BCUT2D eigenvalue weighted by atomic mass is 9.86. The van der Waals surface area contributed by atoms with Gasteiger partial charge in [0.25, 0.3) is 0 Å². The van der Waals surface area contributed by atoms with Gasteiger partial charge in [0.15, 0.2) is 12.0 Å². The summed E-state index contributed by atoms with van der Waals surface area (Å²) in [4.78, 5) is 8.90. The molecule has 1 aromatic carbocycles. The topological polar surface area (TPSA) is 65.5 Å². The number of rotatable bonds is 5. The second-order valence-electron chi connectivity index (χ2n) is 8.44. The SMILES string of the molecule is COc1nc(NC2=COC=C(C3=CC=CCC3)O2)cc(-c2ccc(C(C)(C)C)cc2)n1. The van der Waals surface area contributed by atoms with E-state index < -0.39 is 0 Å². The summed E-state index contributed by atoms with van der Waals surface area (Å²) in [5.41, 5.74) is 4.18. The summed E-state index contributed by atoms with van der Waals surface area (Å²) in [5.74, 6) is 1.69. The summed E-state index contributed by atoms with van der Waals surface area (Å²) < 4.78 is 16.8. The van der Waals surface area contributed by atoms with E-state index in [1.54, 1.807) is 13.4 Å². The van der Waals surface area contributed by atoms with Crippen LogP contribution >= 0.6 is 0 Å². The molecular formula is C25H27N3O3. The molecule has 1 aliphatic carbocycles. The van der Waals surface area contributed by atoms with E-state index in [1.165, 1.54) is 11.8 Å². The van der Waals surface area contributed by atoms with Gasteiger partial charge in [0.05, 0.1) is 12.8 Å². The van der Waals surface area contributed by atoms with Crippen molar-refractivity contribution in [1.29, 1.82) is 0 Å². The van der Waals surface area contributed by atoms with Crippen LogP contribution < -0.4 is 10.1 Å². The predicted molar refractivity (Wildman–Crippen MR) is 121 cm³/mol. The normalized spacial score (nSPS) is 15.8. The van der Waals surface area contributed by atoms with Crippen LogP contribution in [-0.2, 0) is 14.9 Å². The Labute approximate surface area is 183 Å². The van der Waals surface area contributed by atoms with E-state index in [0.717, 1.165) is 29.7 Å². The number of ether oxygens (including phenoxy) is 3. The third kappa shape index (κ3) is 4.97. The van der Waals surface area contributed by atoms with Gasteiger partial charge in [-0.3, -0.25) is 0 Å². The van der Waals surface area contributed by atoms with Crippen molar-refractivity contribution in [2.75, 3.05) is 12.4 Å². The van der Waals surface area contributed by atoms with Crippen molar-refractivity contribution >= 4 is 5.82 Å². The Bertz CT molecular complexity index is 1070. The van der Waals surface area contributed by atoms with Crippen LogP contribution in [-0.4, -0.2) is 17.1 Å². The lowest BCUT2D eigenvalue weighted by Gasteiger charge is -2.20. The summed E-state index contributed by atoms with van der Waals surface area (Å²) in [7, 11) is 1.55. The van der Waals surface area contributed by atoms with Crippen LogP contribution in [0.4, 0.5) is 5.82 Å². The van der Waals surface area contributed by atoms with Crippen molar-refractivity contribution in [2.45, 2.75) is 39.0 Å². The van der Waals surface area contributed by atoms with E-state index in [9.17, 15) is 0 Å².